The summed E-state index contributed by atoms with van der Waals surface area (Å²) in [4.78, 5) is 12.3. The summed E-state index contributed by atoms with van der Waals surface area (Å²) < 4.78 is 22.1. The van der Waals surface area contributed by atoms with Gasteiger partial charge in [0.2, 0.25) is 6.10 Å². The molecule has 1 amide bonds. The highest BCUT2D eigenvalue weighted by atomic mass is 16.6. The Balaban J connectivity index is 1.46. The minimum Gasteiger partial charge on any atom is -0.485 e. The van der Waals surface area contributed by atoms with E-state index < -0.39 is 12.0 Å². The van der Waals surface area contributed by atoms with Crippen LogP contribution in [-0.2, 0) is 4.79 Å². The smallest absolute Gasteiger partial charge is 0.322 e. The molecule has 1 N–H and O–H groups in total. The van der Waals surface area contributed by atoms with Gasteiger partial charge in [0.25, 0.3) is 11.8 Å². The number of para-hydroxylation sites is 2. The molecule has 8 nitrogen and oxygen atoms in total. The second-order valence-corrected chi connectivity index (χ2v) is 5.59. The van der Waals surface area contributed by atoms with Gasteiger partial charge in [0.05, 0.1) is 5.56 Å². The molecule has 1 aromatic carbocycles. The summed E-state index contributed by atoms with van der Waals surface area (Å²) in [5.41, 5.74) is 0.691. The lowest BCUT2D eigenvalue weighted by Gasteiger charge is -2.24. The number of fused-ring (bicyclic) bond motifs is 1. The molecule has 0 radical (unpaired) electrons. The highest BCUT2D eigenvalue weighted by Gasteiger charge is 2.28. The highest BCUT2D eigenvalue weighted by Crippen LogP contribution is 2.31. The molecule has 128 valence electrons. The normalized spacial score (nSPS) is 15.8. The molecule has 4 rings (SSSR count). The highest BCUT2D eigenvalue weighted by molar-refractivity contribution is 5.93. The number of aryl methyl sites for hydroxylation is 2. The number of furan rings is 1. The van der Waals surface area contributed by atoms with Gasteiger partial charge in [-0.05, 0) is 32.0 Å². The number of hydrogen-bond acceptors (Lipinski definition) is 7. The van der Waals surface area contributed by atoms with Gasteiger partial charge in [-0.15, -0.1) is 5.10 Å². The second-order valence-electron chi connectivity index (χ2n) is 5.59. The number of nitrogens with zero attached hydrogens (tertiary/aromatic N) is 2. The van der Waals surface area contributed by atoms with Crippen molar-refractivity contribution >= 4 is 11.9 Å². The van der Waals surface area contributed by atoms with Gasteiger partial charge in [0.15, 0.2) is 11.5 Å². The van der Waals surface area contributed by atoms with Crippen molar-refractivity contribution in [1.82, 2.24) is 10.2 Å². The molecule has 8 heteroatoms. The molecule has 2 aromatic heterocycles. The Labute approximate surface area is 142 Å². The molecule has 0 fully saturated rings. The van der Waals surface area contributed by atoms with Crippen LogP contribution in [0.25, 0.3) is 11.5 Å². The minimum absolute atomic E-state index is 0.0132. The van der Waals surface area contributed by atoms with Crippen LogP contribution in [0, 0.1) is 13.8 Å². The summed E-state index contributed by atoms with van der Waals surface area (Å²) in [5, 5.41) is 10.3. The van der Waals surface area contributed by atoms with Crippen molar-refractivity contribution in [3.05, 3.63) is 41.9 Å². The van der Waals surface area contributed by atoms with Crippen molar-refractivity contribution in [2.24, 2.45) is 0 Å². The lowest BCUT2D eigenvalue weighted by Crippen LogP contribution is -2.40. The first kappa shape index (κ1) is 15.3. The molecule has 0 saturated carbocycles. The molecular weight excluding hydrogens is 326 g/mol. The molecule has 1 aliphatic rings. The molecule has 1 atom stereocenters. The summed E-state index contributed by atoms with van der Waals surface area (Å²) >= 11 is 0. The van der Waals surface area contributed by atoms with Gasteiger partial charge in [-0.25, -0.2) is 0 Å². The Morgan fingerprint density at radius 3 is 2.72 bits per heavy atom. The maximum atomic E-state index is 12.3. The van der Waals surface area contributed by atoms with Crippen molar-refractivity contribution in [3.8, 4) is 23.0 Å². The van der Waals surface area contributed by atoms with Crippen LogP contribution in [0.5, 0.6) is 11.5 Å². The van der Waals surface area contributed by atoms with Crippen LogP contribution in [0.1, 0.15) is 11.5 Å². The molecule has 3 aromatic rings. The number of aromatic nitrogens is 2. The molecular formula is C17H15N3O5. The van der Waals surface area contributed by atoms with Gasteiger partial charge in [0.1, 0.15) is 18.1 Å². The average Bonchev–Trinajstić information content (AvgIpc) is 3.20. The van der Waals surface area contributed by atoms with Crippen molar-refractivity contribution < 1.29 is 23.1 Å². The second kappa shape index (κ2) is 5.97. The molecule has 0 saturated heterocycles. The van der Waals surface area contributed by atoms with E-state index in [0.717, 1.165) is 5.76 Å². The summed E-state index contributed by atoms with van der Waals surface area (Å²) in [6.07, 6.45) is -0.803. The van der Waals surface area contributed by atoms with Crippen LogP contribution in [-0.4, -0.2) is 28.8 Å². The van der Waals surface area contributed by atoms with E-state index in [4.69, 9.17) is 18.3 Å². The average molecular weight is 341 g/mol. The standard InChI is InChI=1S/C17H15N3O5/c1-9-7-11(10(2)23-9)16-19-20-17(25-16)18-15(21)14-8-22-12-5-3-4-6-13(12)24-14/h3-7,14H,8H2,1-2H3,(H,18,20,21)/t14-/m1/s1. The number of anilines is 1. The Hall–Kier alpha value is -3.29. The summed E-state index contributed by atoms with van der Waals surface area (Å²) in [6.45, 7) is 3.73. The number of nitrogens with one attached hydrogen (secondary N) is 1. The SMILES string of the molecule is Cc1cc(-c2nnc(NC(=O)[C@H]3COc4ccccc4O3)o2)c(C)o1. The third-order valence-corrected chi connectivity index (χ3v) is 3.73. The van der Waals surface area contributed by atoms with Gasteiger partial charge < -0.3 is 18.3 Å². The van der Waals surface area contributed by atoms with Crippen LogP contribution in [0.2, 0.25) is 0 Å². The lowest BCUT2D eigenvalue weighted by atomic mass is 10.2. The zero-order valence-electron chi connectivity index (χ0n) is 13.6. The van der Waals surface area contributed by atoms with Gasteiger partial charge in [-0.1, -0.05) is 17.2 Å². The maximum absolute atomic E-state index is 12.3. The number of benzene rings is 1. The number of carbonyl (C=O) groups excluding carboxylic acids is 1. The number of hydrogen-bond donors (Lipinski definition) is 1. The third-order valence-electron chi connectivity index (χ3n) is 3.73. The third kappa shape index (κ3) is 2.93. The fraction of sp³-hybridized carbons (Fsp3) is 0.235. The Morgan fingerprint density at radius 2 is 1.96 bits per heavy atom. The largest absolute Gasteiger partial charge is 0.485 e. The van der Waals surface area contributed by atoms with Crippen molar-refractivity contribution in [2.45, 2.75) is 20.0 Å². The van der Waals surface area contributed by atoms with Crippen molar-refractivity contribution in [1.29, 1.82) is 0 Å². The van der Waals surface area contributed by atoms with E-state index in [0.29, 0.717) is 22.8 Å². The fourth-order valence-corrected chi connectivity index (χ4v) is 2.56. The Kier molecular flexibility index (Phi) is 3.64. The van der Waals surface area contributed by atoms with E-state index in [-0.39, 0.29) is 18.5 Å². The van der Waals surface area contributed by atoms with Crippen LogP contribution in [0.15, 0.2) is 39.2 Å². The van der Waals surface area contributed by atoms with Crippen LogP contribution >= 0.6 is 0 Å². The summed E-state index contributed by atoms with van der Waals surface area (Å²) in [5.74, 6) is 2.38. The Bertz CT molecular complexity index is 930. The molecule has 1 aliphatic heterocycles. The van der Waals surface area contributed by atoms with E-state index in [9.17, 15) is 4.79 Å². The Morgan fingerprint density at radius 1 is 1.16 bits per heavy atom. The van der Waals surface area contributed by atoms with E-state index in [1.165, 1.54) is 0 Å². The predicted molar refractivity (Wildman–Crippen MR) is 86.5 cm³/mol. The molecule has 0 unspecified atom stereocenters. The van der Waals surface area contributed by atoms with Gasteiger partial charge >= 0.3 is 6.01 Å². The quantitative estimate of drug-likeness (QED) is 0.782. The van der Waals surface area contributed by atoms with E-state index in [1.807, 2.05) is 19.1 Å². The maximum Gasteiger partial charge on any atom is 0.322 e. The lowest BCUT2D eigenvalue weighted by molar-refractivity contribution is -0.125. The number of ether oxygens (including phenoxy) is 2. The van der Waals surface area contributed by atoms with E-state index in [1.54, 1.807) is 25.1 Å². The van der Waals surface area contributed by atoms with Gasteiger partial charge in [0, 0.05) is 0 Å². The van der Waals surface area contributed by atoms with Crippen molar-refractivity contribution in [2.75, 3.05) is 11.9 Å². The molecule has 3 heterocycles. The van der Waals surface area contributed by atoms with Gasteiger partial charge in [-0.2, -0.15) is 0 Å². The minimum atomic E-state index is -0.803. The van der Waals surface area contributed by atoms with Crippen LogP contribution < -0.4 is 14.8 Å². The first-order valence-corrected chi connectivity index (χ1v) is 7.70. The number of amides is 1. The number of carbonyl (C=O) groups is 1. The summed E-state index contributed by atoms with van der Waals surface area (Å²) in [6, 6.07) is 8.95. The monoisotopic (exact) mass is 341 g/mol. The fourth-order valence-electron chi connectivity index (χ4n) is 2.56. The first-order chi connectivity index (χ1) is 12.1. The van der Waals surface area contributed by atoms with Crippen LogP contribution in [0.3, 0.4) is 0 Å². The van der Waals surface area contributed by atoms with Gasteiger partial charge in [-0.3, -0.25) is 10.1 Å². The molecule has 0 bridgehead atoms. The van der Waals surface area contributed by atoms with Crippen molar-refractivity contribution in [3.63, 3.8) is 0 Å². The molecule has 25 heavy (non-hydrogen) atoms. The van der Waals surface area contributed by atoms with E-state index in [2.05, 4.69) is 15.5 Å². The summed E-state index contributed by atoms with van der Waals surface area (Å²) in [7, 11) is 0. The first-order valence-electron chi connectivity index (χ1n) is 7.70. The van der Waals surface area contributed by atoms with E-state index >= 15 is 0 Å². The van der Waals surface area contributed by atoms with Crippen LogP contribution in [0.4, 0.5) is 6.01 Å². The topological polar surface area (TPSA) is 99.6 Å². The molecule has 0 aliphatic carbocycles. The number of rotatable bonds is 3. The zero-order valence-corrected chi connectivity index (χ0v) is 13.6. The zero-order chi connectivity index (χ0) is 17.4. The predicted octanol–water partition coefficient (Wildman–Crippen LogP) is 2.72. The molecule has 0 spiro atoms.